The third kappa shape index (κ3) is 7.84. The minimum atomic E-state index is -0.328. The number of benzene rings is 2. The van der Waals surface area contributed by atoms with E-state index in [-0.39, 0.29) is 11.3 Å². The van der Waals surface area contributed by atoms with Gasteiger partial charge in [-0.3, -0.25) is 4.79 Å². The fourth-order valence-electron chi connectivity index (χ4n) is 4.16. The highest BCUT2D eigenvalue weighted by Gasteiger charge is 2.20. The van der Waals surface area contributed by atoms with E-state index < -0.39 is 0 Å². The van der Waals surface area contributed by atoms with Gasteiger partial charge < -0.3 is 14.6 Å². The molecule has 1 N–H and O–H groups in total. The highest BCUT2D eigenvalue weighted by molar-refractivity contribution is 5.81. The maximum Gasteiger partial charge on any atom is 0.225 e. The zero-order valence-corrected chi connectivity index (χ0v) is 22.3. The average molecular weight is 478 g/mol. The van der Waals surface area contributed by atoms with Crippen molar-refractivity contribution < 1.29 is 9.53 Å². The molecule has 0 fully saturated rings. The summed E-state index contributed by atoms with van der Waals surface area (Å²) in [5, 5.41) is 3.04. The summed E-state index contributed by atoms with van der Waals surface area (Å²) in [4.78, 5) is 16.9. The van der Waals surface area contributed by atoms with Gasteiger partial charge in [0.15, 0.2) is 0 Å². The molecule has 0 aliphatic heterocycles. The van der Waals surface area contributed by atoms with Crippen molar-refractivity contribution in [3.8, 4) is 5.75 Å². The van der Waals surface area contributed by atoms with Gasteiger partial charge in [-0.05, 0) is 61.4 Å². The second-order valence-electron chi connectivity index (χ2n) is 10.6. The summed E-state index contributed by atoms with van der Waals surface area (Å²) in [6.07, 6.45) is 6.15. The van der Waals surface area contributed by atoms with Gasteiger partial charge in [0.1, 0.15) is 11.6 Å². The maximum atomic E-state index is 12.0. The van der Waals surface area contributed by atoms with Crippen molar-refractivity contribution in [2.45, 2.75) is 85.6 Å². The van der Waals surface area contributed by atoms with Crippen LogP contribution in [0.15, 0.2) is 48.5 Å². The molecule has 2 aromatic carbocycles. The first-order valence-electron chi connectivity index (χ1n) is 13.2. The molecule has 3 aromatic rings. The maximum absolute atomic E-state index is 12.0. The summed E-state index contributed by atoms with van der Waals surface area (Å²) in [6, 6.07) is 16.9. The lowest BCUT2D eigenvalue weighted by molar-refractivity contribution is -0.128. The summed E-state index contributed by atoms with van der Waals surface area (Å²) in [5.74, 6) is 2.78. The van der Waals surface area contributed by atoms with E-state index in [0.29, 0.717) is 12.5 Å². The minimum Gasteiger partial charge on any atom is -0.494 e. The number of fused-ring (bicyclic) bond motifs is 1. The number of amides is 1. The van der Waals surface area contributed by atoms with Crippen molar-refractivity contribution in [2.24, 2.45) is 5.41 Å². The zero-order valence-electron chi connectivity index (χ0n) is 22.3. The van der Waals surface area contributed by atoms with Gasteiger partial charge in [0.2, 0.25) is 5.91 Å². The van der Waals surface area contributed by atoms with Gasteiger partial charge in [-0.2, -0.15) is 0 Å². The third-order valence-corrected chi connectivity index (χ3v) is 6.63. The molecule has 5 heteroatoms. The zero-order chi connectivity index (χ0) is 25.3. The second kappa shape index (κ2) is 12.8. The number of carbonyl (C=O) groups is 1. The Kier molecular flexibility index (Phi) is 9.76. The van der Waals surface area contributed by atoms with Gasteiger partial charge in [0, 0.05) is 24.9 Å². The third-order valence-electron chi connectivity index (χ3n) is 6.63. The smallest absolute Gasteiger partial charge is 0.225 e. The largest absolute Gasteiger partial charge is 0.494 e. The Bertz CT molecular complexity index is 1060. The minimum absolute atomic E-state index is 0.118. The SMILES string of the molecule is CCC(C)c1ccc(OCCCn2c(CCCCCNC(=O)C(C)(C)C)nc3ccccc32)cc1. The number of rotatable bonds is 13. The van der Waals surface area contributed by atoms with Crippen molar-refractivity contribution in [1.29, 1.82) is 0 Å². The number of nitrogens with one attached hydrogen (secondary N) is 1. The fraction of sp³-hybridized carbons (Fsp3) is 0.533. The first-order valence-corrected chi connectivity index (χ1v) is 13.2. The number of unbranched alkanes of at least 4 members (excludes halogenated alkanes) is 2. The molecule has 1 atom stereocenters. The van der Waals surface area contributed by atoms with Crippen LogP contribution in [0.25, 0.3) is 11.0 Å². The van der Waals surface area contributed by atoms with Gasteiger partial charge in [0.05, 0.1) is 17.6 Å². The molecule has 0 spiro atoms. The number of ether oxygens (including phenoxy) is 1. The number of hydrogen-bond donors (Lipinski definition) is 1. The number of nitrogens with zero attached hydrogens (tertiary/aromatic N) is 2. The van der Waals surface area contributed by atoms with E-state index in [2.05, 4.69) is 66.2 Å². The van der Waals surface area contributed by atoms with Crippen LogP contribution in [-0.2, 0) is 17.8 Å². The van der Waals surface area contributed by atoms with Crippen molar-refractivity contribution in [1.82, 2.24) is 14.9 Å². The number of aryl methyl sites for hydroxylation is 2. The lowest BCUT2D eigenvalue weighted by atomic mass is 9.96. The summed E-state index contributed by atoms with van der Waals surface area (Å²) in [7, 11) is 0. The van der Waals surface area contributed by atoms with E-state index in [1.165, 1.54) is 11.1 Å². The van der Waals surface area contributed by atoms with Crippen LogP contribution in [0.5, 0.6) is 5.75 Å². The molecule has 0 bridgehead atoms. The van der Waals surface area contributed by atoms with Crippen LogP contribution in [0.3, 0.4) is 0 Å². The quantitative estimate of drug-likeness (QED) is 0.273. The summed E-state index contributed by atoms with van der Waals surface area (Å²) in [6.45, 7) is 12.6. The Morgan fingerprint density at radius 1 is 1.03 bits per heavy atom. The van der Waals surface area contributed by atoms with Gasteiger partial charge in [0.25, 0.3) is 0 Å². The van der Waals surface area contributed by atoms with Crippen molar-refractivity contribution in [2.75, 3.05) is 13.2 Å². The lowest BCUT2D eigenvalue weighted by Gasteiger charge is -2.17. The Morgan fingerprint density at radius 2 is 1.77 bits per heavy atom. The van der Waals surface area contributed by atoms with Gasteiger partial charge in [-0.15, -0.1) is 0 Å². The van der Waals surface area contributed by atoms with Crippen molar-refractivity contribution >= 4 is 16.9 Å². The van der Waals surface area contributed by atoms with Crippen molar-refractivity contribution in [3.63, 3.8) is 0 Å². The topological polar surface area (TPSA) is 56.1 Å². The van der Waals surface area contributed by atoms with E-state index in [1.54, 1.807) is 0 Å². The van der Waals surface area contributed by atoms with Gasteiger partial charge in [-0.1, -0.05) is 65.3 Å². The molecular weight excluding hydrogens is 434 g/mol. The molecule has 190 valence electrons. The van der Waals surface area contributed by atoms with E-state index >= 15 is 0 Å². The number of carbonyl (C=O) groups excluding carboxylic acids is 1. The molecule has 35 heavy (non-hydrogen) atoms. The standard InChI is InChI=1S/C30H43N3O2/c1-6-23(2)24-16-18-25(19-17-24)35-22-12-21-33-27-14-10-9-13-26(27)32-28(33)15-8-7-11-20-31-29(34)30(3,4)5/h9-10,13-14,16-19,23H,6-8,11-12,15,20-22H2,1-5H3,(H,31,34). The molecule has 1 amide bonds. The van der Waals surface area contributed by atoms with Crippen LogP contribution in [0.2, 0.25) is 0 Å². The lowest BCUT2D eigenvalue weighted by Crippen LogP contribution is -2.35. The summed E-state index contributed by atoms with van der Waals surface area (Å²) < 4.78 is 8.38. The number of para-hydroxylation sites is 2. The molecule has 1 aromatic heterocycles. The van der Waals surface area contributed by atoms with Crippen LogP contribution in [0.1, 0.15) is 84.0 Å². The number of imidazole rings is 1. The normalized spacial score (nSPS) is 12.6. The van der Waals surface area contributed by atoms with Gasteiger partial charge in [-0.25, -0.2) is 4.98 Å². The molecular formula is C30H43N3O2. The molecule has 3 rings (SSSR count). The van der Waals surface area contributed by atoms with Gasteiger partial charge >= 0.3 is 0 Å². The predicted octanol–water partition coefficient (Wildman–Crippen LogP) is 6.89. The Morgan fingerprint density at radius 3 is 2.49 bits per heavy atom. The second-order valence-corrected chi connectivity index (χ2v) is 10.6. The predicted molar refractivity (Wildman–Crippen MR) is 145 cm³/mol. The highest BCUT2D eigenvalue weighted by Crippen LogP contribution is 2.22. The van der Waals surface area contributed by atoms with Crippen molar-refractivity contribution in [3.05, 3.63) is 59.9 Å². The molecule has 0 saturated carbocycles. The van der Waals surface area contributed by atoms with E-state index in [9.17, 15) is 4.79 Å². The first kappa shape index (κ1) is 26.8. The molecule has 0 radical (unpaired) electrons. The molecule has 0 saturated heterocycles. The fourth-order valence-corrected chi connectivity index (χ4v) is 4.16. The van der Waals surface area contributed by atoms with Crippen LogP contribution in [-0.4, -0.2) is 28.6 Å². The average Bonchev–Trinajstić information content (AvgIpc) is 3.20. The summed E-state index contributed by atoms with van der Waals surface area (Å²) >= 11 is 0. The molecule has 0 aliphatic carbocycles. The Balaban J connectivity index is 1.48. The van der Waals surface area contributed by atoms with Crippen LogP contribution in [0.4, 0.5) is 0 Å². The first-order chi connectivity index (χ1) is 16.8. The monoisotopic (exact) mass is 477 g/mol. The molecule has 1 heterocycles. The van der Waals surface area contributed by atoms with E-state index in [1.807, 2.05) is 26.8 Å². The molecule has 5 nitrogen and oxygen atoms in total. The molecule has 0 aliphatic rings. The highest BCUT2D eigenvalue weighted by atomic mass is 16.5. The van der Waals surface area contributed by atoms with Crippen LogP contribution >= 0.6 is 0 Å². The van der Waals surface area contributed by atoms with E-state index in [4.69, 9.17) is 9.72 Å². The van der Waals surface area contributed by atoms with Crippen LogP contribution < -0.4 is 10.1 Å². The van der Waals surface area contributed by atoms with Crippen LogP contribution in [0, 0.1) is 5.41 Å². The summed E-state index contributed by atoms with van der Waals surface area (Å²) in [5.41, 5.74) is 3.29. The van der Waals surface area contributed by atoms with E-state index in [0.717, 1.165) is 68.7 Å². The Hall–Kier alpha value is -2.82. The Labute approximate surface area is 211 Å². The molecule has 1 unspecified atom stereocenters. The number of hydrogen-bond acceptors (Lipinski definition) is 3. The number of aromatic nitrogens is 2.